The van der Waals surface area contributed by atoms with Crippen LogP contribution < -0.4 is 9.47 Å². The van der Waals surface area contributed by atoms with Crippen LogP contribution in [0.2, 0.25) is 0 Å². The molecule has 27 heavy (non-hydrogen) atoms. The Bertz CT molecular complexity index is 728. The second kappa shape index (κ2) is 9.73. The first kappa shape index (κ1) is 19.7. The number of thiophene rings is 1. The van der Waals surface area contributed by atoms with Gasteiger partial charge in [-0.1, -0.05) is 18.2 Å². The van der Waals surface area contributed by atoms with Crippen LogP contribution in [0.25, 0.3) is 0 Å². The molecule has 1 aromatic heterocycles. The van der Waals surface area contributed by atoms with Crippen LogP contribution in [0.3, 0.4) is 0 Å². The molecule has 0 radical (unpaired) electrons. The Morgan fingerprint density at radius 1 is 1.30 bits per heavy atom. The van der Waals surface area contributed by atoms with Crippen LogP contribution in [0.4, 0.5) is 0 Å². The molecular formula is C20H25NO5S. The standard InChI is InChI=1S/C20H25NO5S/c1-24-17-5-2-4-15(14-16(20(22)23)18-6-3-13-27-18)19(17)26-12-9-21-7-10-25-11-8-21/h2-6,13,16H,7-12,14H2,1H3,(H,22,23). The molecule has 3 rings (SSSR count). The molecule has 0 amide bonds. The van der Waals surface area contributed by atoms with Crippen LogP contribution in [0, 0.1) is 0 Å². The van der Waals surface area contributed by atoms with E-state index in [9.17, 15) is 9.90 Å². The SMILES string of the molecule is COc1cccc(CC(C(=O)O)c2cccs2)c1OCCN1CCOCC1. The fourth-order valence-electron chi connectivity index (χ4n) is 3.17. The van der Waals surface area contributed by atoms with Crippen molar-refractivity contribution in [1.29, 1.82) is 0 Å². The highest BCUT2D eigenvalue weighted by molar-refractivity contribution is 7.10. The molecule has 0 spiro atoms. The summed E-state index contributed by atoms with van der Waals surface area (Å²) in [4.78, 5) is 14.9. The second-order valence-electron chi connectivity index (χ2n) is 6.36. The van der Waals surface area contributed by atoms with Crippen molar-refractivity contribution in [2.75, 3.05) is 46.6 Å². The predicted octanol–water partition coefficient (Wildman–Crippen LogP) is 2.88. The molecule has 0 aliphatic carbocycles. The topological polar surface area (TPSA) is 68.2 Å². The fourth-order valence-corrected chi connectivity index (χ4v) is 3.99. The molecule has 1 N–H and O–H groups in total. The Labute approximate surface area is 163 Å². The van der Waals surface area contributed by atoms with E-state index < -0.39 is 11.9 Å². The molecule has 1 saturated heterocycles. The zero-order valence-electron chi connectivity index (χ0n) is 15.4. The number of rotatable bonds is 9. The minimum Gasteiger partial charge on any atom is -0.493 e. The normalized spacial score (nSPS) is 16.0. The van der Waals surface area contributed by atoms with E-state index in [1.807, 2.05) is 35.7 Å². The molecular weight excluding hydrogens is 366 g/mol. The number of nitrogens with zero attached hydrogens (tertiary/aromatic N) is 1. The molecule has 2 heterocycles. The number of carboxylic acid groups (broad SMARTS) is 1. The van der Waals surface area contributed by atoms with Crippen molar-refractivity contribution in [2.45, 2.75) is 12.3 Å². The molecule has 2 aromatic rings. The minimum absolute atomic E-state index is 0.361. The van der Waals surface area contributed by atoms with Gasteiger partial charge in [-0.25, -0.2) is 0 Å². The van der Waals surface area contributed by atoms with Gasteiger partial charge in [-0.2, -0.15) is 0 Å². The first-order valence-electron chi connectivity index (χ1n) is 9.04. The molecule has 7 heteroatoms. The Kier molecular flexibility index (Phi) is 7.09. The Balaban J connectivity index is 1.73. The summed E-state index contributed by atoms with van der Waals surface area (Å²) < 4.78 is 16.9. The van der Waals surface area contributed by atoms with E-state index in [4.69, 9.17) is 14.2 Å². The molecule has 146 valence electrons. The van der Waals surface area contributed by atoms with Crippen LogP contribution in [-0.2, 0) is 16.0 Å². The average Bonchev–Trinajstić information content (AvgIpc) is 3.21. The third-order valence-electron chi connectivity index (χ3n) is 4.65. The van der Waals surface area contributed by atoms with Crippen molar-refractivity contribution in [1.82, 2.24) is 4.90 Å². The summed E-state index contributed by atoms with van der Waals surface area (Å²) in [5.74, 6) is -0.168. The number of methoxy groups -OCH3 is 1. The molecule has 0 saturated carbocycles. The van der Waals surface area contributed by atoms with Crippen LogP contribution in [0.1, 0.15) is 16.4 Å². The van der Waals surface area contributed by atoms with E-state index in [0.29, 0.717) is 24.5 Å². The molecule has 1 fully saturated rings. The van der Waals surface area contributed by atoms with Crippen molar-refractivity contribution in [3.63, 3.8) is 0 Å². The number of carbonyl (C=O) groups is 1. The van der Waals surface area contributed by atoms with Crippen molar-refractivity contribution < 1.29 is 24.1 Å². The quantitative estimate of drug-likeness (QED) is 0.709. The van der Waals surface area contributed by atoms with Crippen molar-refractivity contribution in [3.8, 4) is 11.5 Å². The highest BCUT2D eigenvalue weighted by Crippen LogP contribution is 2.35. The molecule has 0 bridgehead atoms. The fraction of sp³-hybridized carbons (Fsp3) is 0.450. The highest BCUT2D eigenvalue weighted by Gasteiger charge is 2.24. The number of aliphatic carboxylic acids is 1. The number of morpholine rings is 1. The molecule has 1 unspecified atom stereocenters. The zero-order chi connectivity index (χ0) is 19.1. The van der Waals surface area contributed by atoms with Gasteiger partial charge in [0.05, 0.1) is 26.2 Å². The number of ether oxygens (including phenoxy) is 3. The van der Waals surface area contributed by atoms with E-state index in [2.05, 4.69) is 4.90 Å². The average molecular weight is 391 g/mol. The van der Waals surface area contributed by atoms with Gasteiger partial charge in [0, 0.05) is 24.5 Å². The summed E-state index contributed by atoms with van der Waals surface area (Å²) in [5, 5.41) is 11.6. The third-order valence-corrected chi connectivity index (χ3v) is 5.63. The number of hydrogen-bond acceptors (Lipinski definition) is 6. The minimum atomic E-state index is -0.834. The molecule has 1 atom stereocenters. The lowest BCUT2D eigenvalue weighted by molar-refractivity contribution is -0.138. The van der Waals surface area contributed by atoms with Crippen molar-refractivity contribution >= 4 is 17.3 Å². The van der Waals surface area contributed by atoms with Gasteiger partial charge in [-0.3, -0.25) is 9.69 Å². The summed E-state index contributed by atoms with van der Waals surface area (Å²) in [6, 6.07) is 9.37. The second-order valence-corrected chi connectivity index (χ2v) is 7.34. The Morgan fingerprint density at radius 3 is 2.78 bits per heavy atom. The van der Waals surface area contributed by atoms with Crippen LogP contribution in [-0.4, -0.2) is 62.5 Å². The first-order chi connectivity index (χ1) is 13.2. The lowest BCUT2D eigenvalue weighted by Gasteiger charge is -2.26. The Hall–Kier alpha value is -2.09. The van der Waals surface area contributed by atoms with Crippen LogP contribution >= 0.6 is 11.3 Å². The van der Waals surface area contributed by atoms with E-state index in [0.717, 1.165) is 43.3 Å². The monoisotopic (exact) mass is 391 g/mol. The number of benzene rings is 1. The summed E-state index contributed by atoms with van der Waals surface area (Å²) in [6.45, 7) is 4.63. The van der Waals surface area contributed by atoms with Gasteiger partial charge in [-0.15, -0.1) is 11.3 Å². The summed E-state index contributed by atoms with van der Waals surface area (Å²) in [5.41, 5.74) is 0.845. The molecule has 1 aromatic carbocycles. The van der Waals surface area contributed by atoms with E-state index in [1.165, 1.54) is 11.3 Å². The summed E-state index contributed by atoms with van der Waals surface area (Å²) in [6.07, 6.45) is 0.361. The van der Waals surface area contributed by atoms with Gasteiger partial charge in [0.1, 0.15) is 6.61 Å². The number of carboxylic acids is 1. The summed E-state index contributed by atoms with van der Waals surface area (Å²) >= 11 is 1.46. The van der Waals surface area contributed by atoms with E-state index in [1.54, 1.807) is 7.11 Å². The third kappa shape index (κ3) is 5.22. The molecule has 6 nitrogen and oxygen atoms in total. The lowest BCUT2D eigenvalue weighted by atomic mass is 9.97. The largest absolute Gasteiger partial charge is 0.493 e. The van der Waals surface area contributed by atoms with Crippen molar-refractivity contribution in [3.05, 3.63) is 46.2 Å². The van der Waals surface area contributed by atoms with Crippen LogP contribution in [0.5, 0.6) is 11.5 Å². The smallest absolute Gasteiger partial charge is 0.312 e. The Morgan fingerprint density at radius 2 is 2.11 bits per heavy atom. The summed E-state index contributed by atoms with van der Waals surface area (Å²) in [7, 11) is 1.60. The van der Waals surface area contributed by atoms with E-state index >= 15 is 0 Å². The predicted molar refractivity (Wildman–Crippen MR) is 104 cm³/mol. The van der Waals surface area contributed by atoms with Gasteiger partial charge in [0.2, 0.25) is 0 Å². The maximum Gasteiger partial charge on any atom is 0.312 e. The lowest BCUT2D eigenvalue weighted by Crippen LogP contribution is -2.38. The number of hydrogen-bond donors (Lipinski definition) is 1. The molecule has 1 aliphatic rings. The highest BCUT2D eigenvalue weighted by atomic mass is 32.1. The van der Waals surface area contributed by atoms with Gasteiger partial charge < -0.3 is 19.3 Å². The maximum absolute atomic E-state index is 11.8. The van der Waals surface area contributed by atoms with Gasteiger partial charge in [0.25, 0.3) is 0 Å². The van der Waals surface area contributed by atoms with Gasteiger partial charge in [-0.05, 0) is 29.5 Å². The van der Waals surface area contributed by atoms with Gasteiger partial charge in [0.15, 0.2) is 11.5 Å². The van der Waals surface area contributed by atoms with Gasteiger partial charge >= 0.3 is 5.97 Å². The number of para-hydroxylation sites is 1. The molecule has 1 aliphatic heterocycles. The maximum atomic E-state index is 11.8. The first-order valence-corrected chi connectivity index (χ1v) is 9.92. The van der Waals surface area contributed by atoms with Crippen LogP contribution in [0.15, 0.2) is 35.7 Å². The zero-order valence-corrected chi connectivity index (χ0v) is 16.2. The van der Waals surface area contributed by atoms with E-state index in [-0.39, 0.29) is 0 Å². The van der Waals surface area contributed by atoms with Crippen molar-refractivity contribution in [2.24, 2.45) is 0 Å².